The van der Waals surface area contributed by atoms with Gasteiger partial charge in [-0.05, 0) is 53.0 Å². The van der Waals surface area contributed by atoms with Crippen LogP contribution in [0, 0.1) is 0 Å². The van der Waals surface area contributed by atoms with E-state index in [0.29, 0.717) is 11.1 Å². The first kappa shape index (κ1) is 15.6. The highest BCUT2D eigenvalue weighted by Gasteiger charge is 2.20. The van der Waals surface area contributed by atoms with Gasteiger partial charge in [-0.3, -0.25) is 0 Å². The van der Waals surface area contributed by atoms with Crippen LogP contribution >= 0.6 is 23.2 Å². The summed E-state index contributed by atoms with van der Waals surface area (Å²) in [4.78, 5) is 6.83. The molecule has 0 amide bonds. The standard InChI is InChI=1S/C15H21Cl2N3/c1-10(8-9-19(3)4)20-13-7-5-6-12(17)14(13)18-15(20)11(2)16/h5-7,10-11H,8-9H2,1-4H3. The van der Waals surface area contributed by atoms with Gasteiger partial charge < -0.3 is 9.47 Å². The summed E-state index contributed by atoms with van der Waals surface area (Å²) in [5.74, 6) is 0.890. The summed E-state index contributed by atoms with van der Waals surface area (Å²) in [6.07, 6.45) is 1.04. The fourth-order valence-electron chi connectivity index (χ4n) is 2.42. The first-order valence-corrected chi connectivity index (χ1v) is 7.68. The van der Waals surface area contributed by atoms with Crippen LogP contribution in [0.15, 0.2) is 18.2 Å². The van der Waals surface area contributed by atoms with Gasteiger partial charge in [0.1, 0.15) is 11.3 Å². The number of fused-ring (bicyclic) bond motifs is 1. The third-order valence-corrected chi connectivity index (χ3v) is 3.99. The van der Waals surface area contributed by atoms with E-state index in [4.69, 9.17) is 23.2 Å². The molecular formula is C15H21Cl2N3. The summed E-state index contributed by atoms with van der Waals surface area (Å²) in [5, 5.41) is 0.542. The molecule has 1 aromatic carbocycles. The lowest BCUT2D eigenvalue weighted by Crippen LogP contribution is -2.18. The smallest absolute Gasteiger partial charge is 0.128 e. The molecule has 2 aromatic rings. The van der Waals surface area contributed by atoms with E-state index in [2.05, 4.69) is 41.5 Å². The summed E-state index contributed by atoms with van der Waals surface area (Å²) in [5.41, 5.74) is 1.90. The monoisotopic (exact) mass is 313 g/mol. The van der Waals surface area contributed by atoms with Gasteiger partial charge in [0, 0.05) is 6.04 Å². The average molecular weight is 314 g/mol. The fourth-order valence-corrected chi connectivity index (χ4v) is 2.78. The van der Waals surface area contributed by atoms with Crippen LogP contribution in [0.1, 0.15) is 37.5 Å². The number of para-hydroxylation sites is 1. The van der Waals surface area contributed by atoms with Gasteiger partial charge in [-0.2, -0.15) is 0 Å². The molecule has 1 aromatic heterocycles. The predicted octanol–water partition coefficient (Wildman–Crippen LogP) is 4.50. The molecule has 0 bridgehead atoms. The van der Waals surface area contributed by atoms with Crippen molar-refractivity contribution >= 4 is 34.2 Å². The van der Waals surface area contributed by atoms with E-state index in [9.17, 15) is 0 Å². The maximum Gasteiger partial charge on any atom is 0.128 e. The molecule has 2 rings (SSSR count). The molecule has 0 spiro atoms. The zero-order valence-corrected chi connectivity index (χ0v) is 13.9. The van der Waals surface area contributed by atoms with E-state index in [1.165, 1.54) is 0 Å². The molecule has 5 heteroatoms. The normalized spacial score (nSPS) is 14.9. The van der Waals surface area contributed by atoms with Crippen molar-refractivity contribution in [1.82, 2.24) is 14.5 Å². The van der Waals surface area contributed by atoms with E-state index in [0.717, 1.165) is 29.8 Å². The lowest BCUT2D eigenvalue weighted by Gasteiger charge is -2.20. The highest BCUT2D eigenvalue weighted by atomic mass is 35.5. The van der Waals surface area contributed by atoms with Crippen LogP contribution in [0.3, 0.4) is 0 Å². The third kappa shape index (κ3) is 3.11. The molecule has 0 fully saturated rings. The van der Waals surface area contributed by atoms with Gasteiger partial charge >= 0.3 is 0 Å². The Hall–Kier alpha value is -0.770. The zero-order chi connectivity index (χ0) is 14.9. The number of hydrogen-bond donors (Lipinski definition) is 0. The first-order chi connectivity index (χ1) is 9.41. The van der Waals surface area contributed by atoms with Crippen molar-refractivity contribution in [3.05, 3.63) is 29.0 Å². The Morgan fingerprint density at radius 2 is 2.00 bits per heavy atom. The van der Waals surface area contributed by atoms with Gasteiger partial charge in [-0.15, -0.1) is 11.6 Å². The Kier molecular flexibility index (Phi) is 4.95. The van der Waals surface area contributed by atoms with E-state index in [1.807, 2.05) is 19.1 Å². The second kappa shape index (κ2) is 6.33. The second-order valence-electron chi connectivity index (χ2n) is 5.50. The van der Waals surface area contributed by atoms with Gasteiger partial charge in [-0.1, -0.05) is 17.7 Å². The van der Waals surface area contributed by atoms with Crippen LogP contribution in [0.25, 0.3) is 11.0 Å². The molecule has 0 radical (unpaired) electrons. The molecule has 0 saturated carbocycles. The lowest BCUT2D eigenvalue weighted by atomic mass is 10.2. The maximum absolute atomic E-state index is 6.30. The summed E-state index contributed by atoms with van der Waals surface area (Å²) in [6.45, 7) is 5.18. The highest BCUT2D eigenvalue weighted by molar-refractivity contribution is 6.35. The van der Waals surface area contributed by atoms with Crippen molar-refractivity contribution in [2.24, 2.45) is 0 Å². The van der Waals surface area contributed by atoms with Gasteiger partial charge in [0.2, 0.25) is 0 Å². The van der Waals surface area contributed by atoms with Gasteiger partial charge in [0.05, 0.1) is 15.9 Å². The molecular weight excluding hydrogens is 293 g/mol. The van der Waals surface area contributed by atoms with E-state index < -0.39 is 0 Å². The molecule has 0 aliphatic carbocycles. The Balaban J connectivity index is 2.48. The number of hydrogen-bond acceptors (Lipinski definition) is 2. The Bertz CT molecular complexity index is 590. The van der Waals surface area contributed by atoms with Crippen LogP contribution in [0.4, 0.5) is 0 Å². The predicted molar refractivity (Wildman–Crippen MR) is 86.9 cm³/mol. The molecule has 1 heterocycles. The Labute approximate surface area is 130 Å². The molecule has 20 heavy (non-hydrogen) atoms. The fraction of sp³-hybridized carbons (Fsp3) is 0.533. The van der Waals surface area contributed by atoms with Crippen LogP contribution in [0.5, 0.6) is 0 Å². The number of aromatic nitrogens is 2. The van der Waals surface area contributed by atoms with E-state index in [-0.39, 0.29) is 5.38 Å². The quantitative estimate of drug-likeness (QED) is 0.758. The van der Waals surface area contributed by atoms with Crippen molar-refractivity contribution < 1.29 is 0 Å². The molecule has 2 unspecified atom stereocenters. The van der Waals surface area contributed by atoms with E-state index in [1.54, 1.807) is 0 Å². The number of rotatable bonds is 5. The largest absolute Gasteiger partial charge is 0.324 e. The first-order valence-electron chi connectivity index (χ1n) is 6.87. The molecule has 0 N–H and O–H groups in total. The number of nitrogens with zero attached hydrogens (tertiary/aromatic N) is 3. The van der Waals surface area contributed by atoms with Gasteiger partial charge in [0.25, 0.3) is 0 Å². The average Bonchev–Trinajstić information content (AvgIpc) is 2.77. The van der Waals surface area contributed by atoms with Crippen LogP contribution in [-0.2, 0) is 0 Å². The van der Waals surface area contributed by atoms with Gasteiger partial charge in [0.15, 0.2) is 0 Å². The minimum atomic E-state index is -0.139. The van der Waals surface area contributed by atoms with Crippen LogP contribution in [-0.4, -0.2) is 35.1 Å². The van der Waals surface area contributed by atoms with Crippen molar-refractivity contribution in [2.75, 3.05) is 20.6 Å². The van der Waals surface area contributed by atoms with Crippen LogP contribution < -0.4 is 0 Å². The molecule has 0 aliphatic rings. The third-order valence-electron chi connectivity index (χ3n) is 3.49. The summed E-state index contributed by atoms with van der Waals surface area (Å²) < 4.78 is 2.22. The van der Waals surface area contributed by atoms with Crippen molar-refractivity contribution in [1.29, 1.82) is 0 Å². The maximum atomic E-state index is 6.30. The molecule has 0 saturated heterocycles. The topological polar surface area (TPSA) is 21.1 Å². The lowest BCUT2D eigenvalue weighted by molar-refractivity contribution is 0.357. The van der Waals surface area contributed by atoms with Crippen LogP contribution in [0.2, 0.25) is 5.02 Å². The number of alkyl halides is 1. The summed E-state index contributed by atoms with van der Waals surface area (Å²) in [6, 6.07) is 6.22. The highest BCUT2D eigenvalue weighted by Crippen LogP contribution is 2.32. The summed E-state index contributed by atoms with van der Waals surface area (Å²) in [7, 11) is 4.17. The minimum absolute atomic E-state index is 0.139. The Morgan fingerprint density at radius 3 is 2.60 bits per heavy atom. The van der Waals surface area contributed by atoms with Crippen molar-refractivity contribution in [2.45, 2.75) is 31.7 Å². The molecule has 3 nitrogen and oxygen atoms in total. The van der Waals surface area contributed by atoms with Crippen molar-refractivity contribution in [3.8, 4) is 0 Å². The number of halogens is 2. The minimum Gasteiger partial charge on any atom is -0.324 e. The molecule has 0 aliphatic heterocycles. The van der Waals surface area contributed by atoms with E-state index >= 15 is 0 Å². The summed E-state index contributed by atoms with van der Waals surface area (Å²) >= 11 is 12.6. The van der Waals surface area contributed by atoms with Gasteiger partial charge in [-0.25, -0.2) is 4.98 Å². The molecule has 110 valence electrons. The SMILES string of the molecule is CC(Cl)c1nc2c(Cl)cccc2n1C(C)CCN(C)C. The zero-order valence-electron chi connectivity index (χ0n) is 12.4. The number of benzene rings is 1. The number of imidazole rings is 1. The van der Waals surface area contributed by atoms with Crippen molar-refractivity contribution in [3.63, 3.8) is 0 Å². The second-order valence-corrected chi connectivity index (χ2v) is 6.57. The molecule has 2 atom stereocenters. The Morgan fingerprint density at radius 1 is 1.30 bits per heavy atom.